The van der Waals surface area contributed by atoms with Crippen LogP contribution in [0.25, 0.3) is 0 Å². The number of esters is 1. The van der Waals surface area contributed by atoms with Crippen LogP contribution in [0, 0.1) is 5.82 Å². The van der Waals surface area contributed by atoms with Gasteiger partial charge in [0.25, 0.3) is 0 Å². The van der Waals surface area contributed by atoms with Crippen molar-refractivity contribution in [3.05, 3.63) is 77.7 Å². The van der Waals surface area contributed by atoms with Crippen molar-refractivity contribution in [3.63, 3.8) is 0 Å². The Kier molecular flexibility index (Phi) is 5.94. The van der Waals surface area contributed by atoms with Gasteiger partial charge in [-0.3, -0.25) is 0 Å². The molecule has 1 aromatic heterocycles. The highest BCUT2D eigenvalue weighted by molar-refractivity contribution is 5.96. The van der Waals surface area contributed by atoms with Gasteiger partial charge in [0.05, 0.1) is 18.4 Å². The first-order valence-electron chi connectivity index (χ1n) is 8.41. The average Bonchev–Trinajstić information content (AvgIpc) is 2.70. The first kappa shape index (κ1) is 18.3. The van der Waals surface area contributed by atoms with Gasteiger partial charge in [0.15, 0.2) is 0 Å². The lowest BCUT2D eigenvalue weighted by Crippen LogP contribution is -2.09. The van der Waals surface area contributed by atoms with E-state index >= 15 is 0 Å². The molecule has 0 aliphatic rings. The second-order valence-electron chi connectivity index (χ2n) is 5.73. The number of aromatic nitrogens is 2. The van der Waals surface area contributed by atoms with Crippen LogP contribution in [-0.2, 0) is 11.2 Å². The number of rotatable bonds is 7. The van der Waals surface area contributed by atoms with Crippen LogP contribution in [0.4, 0.5) is 21.8 Å². The zero-order chi connectivity index (χ0) is 19.1. The summed E-state index contributed by atoms with van der Waals surface area (Å²) in [7, 11) is 1.33. The third-order valence-corrected chi connectivity index (χ3v) is 3.87. The summed E-state index contributed by atoms with van der Waals surface area (Å²) in [4.78, 5) is 20.4. The summed E-state index contributed by atoms with van der Waals surface area (Å²) in [6.07, 6.45) is 2.36. The summed E-state index contributed by atoms with van der Waals surface area (Å²) >= 11 is 0. The van der Waals surface area contributed by atoms with E-state index in [1.165, 1.54) is 19.2 Å². The quantitative estimate of drug-likeness (QED) is 0.620. The maximum atomic E-state index is 12.9. The van der Waals surface area contributed by atoms with Gasteiger partial charge in [-0.05, 0) is 42.3 Å². The molecule has 0 amide bonds. The summed E-state index contributed by atoms with van der Waals surface area (Å²) in [5, 5.41) is 6.24. The largest absolute Gasteiger partial charge is 0.465 e. The first-order valence-corrected chi connectivity index (χ1v) is 8.41. The number of halogens is 1. The van der Waals surface area contributed by atoms with Crippen molar-refractivity contribution < 1.29 is 13.9 Å². The minimum Gasteiger partial charge on any atom is -0.465 e. The van der Waals surface area contributed by atoms with E-state index < -0.39 is 5.97 Å². The highest BCUT2D eigenvalue weighted by Gasteiger charge is 2.12. The summed E-state index contributed by atoms with van der Waals surface area (Å²) in [6, 6.07) is 15.1. The highest BCUT2D eigenvalue weighted by Crippen LogP contribution is 2.20. The van der Waals surface area contributed by atoms with E-state index in [-0.39, 0.29) is 5.82 Å². The van der Waals surface area contributed by atoms with E-state index in [9.17, 15) is 9.18 Å². The fraction of sp³-hybridized carbons (Fsp3) is 0.150. The van der Waals surface area contributed by atoms with Crippen molar-refractivity contribution in [1.82, 2.24) is 9.97 Å². The highest BCUT2D eigenvalue weighted by atomic mass is 19.1. The molecule has 0 fully saturated rings. The monoisotopic (exact) mass is 366 g/mol. The fourth-order valence-electron chi connectivity index (χ4n) is 2.50. The van der Waals surface area contributed by atoms with Gasteiger partial charge in [-0.1, -0.05) is 24.3 Å². The zero-order valence-electron chi connectivity index (χ0n) is 14.8. The fourth-order valence-corrected chi connectivity index (χ4v) is 2.50. The molecule has 0 aliphatic heterocycles. The number of ether oxygens (including phenoxy) is 1. The Morgan fingerprint density at radius 1 is 1.11 bits per heavy atom. The standard InChI is InChI=1S/C20H19FN4O2/c1-27-19(26)16-4-2-3-5-17(16)24-20-23-13-11-18(25-20)22-12-10-14-6-8-15(21)9-7-14/h2-9,11,13H,10,12H2,1H3,(H2,22,23,24,25). The molecule has 0 saturated heterocycles. The number of para-hydroxylation sites is 1. The molecule has 7 heteroatoms. The molecule has 3 rings (SSSR count). The minimum atomic E-state index is -0.438. The maximum absolute atomic E-state index is 12.9. The van der Waals surface area contributed by atoms with Crippen LogP contribution in [0.5, 0.6) is 0 Å². The Morgan fingerprint density at radius 2 is 1.89 bits per heavy atom. The van der Waals surface area contributed by atoms with Crippen molar-refractivity contribution >= 4 is 23.4 Å². The van der Waals surface area contributed by atoms with Crippen LogP contribution in [-0.4, -0.2) is 29.6 Å². The third-order valence-electron chi connectivity index (χ3n) is 3.87. The van der Waals surface area contributed by atoms with Crippen molar-refractivity contribution in [1.29, 1.82) is 0 Å². The van der Waals surface area contributed by atoms with Gasteiger partial charge in [-0.2, -0.15) is 4.98 Å². The first-order chi connectivity index (χ1) is 13.2. The summed E-state index contributed by atoms with van der Waals surface area (Å²) in [5.41, 5.74) is 1.99. The lowest BCUT2D eigenvalue weighted by Gasteiger charge is -2.11. The Morgan fingerprint density at radius 3 is 2.67 bits per heavy atom. The number of hydrogen-bond donors (Lipinski definition) is 2. The number of methoxy groups -OCH3 is 1. The van der Waals surface area contributed by atoms with Gasteiger partial charge in [0.1, 0.15) is 11.6 Å². The number of carbonyl (C=O) groups excluding carboxylic acids is 1. The molecule has 0 spiro atoms. The van der Waals surface area contributed by atoms with E-state index in [0.29, 0.717) is 29.6 Å². The molecule has 3 aromatic rings. The minimum absolute atomic E-state index is 0.245. The van der Waals surface area contributed by atoms with Crippen molar-refractivity contribution in [2.75, 3.05) is 24.3 Å². The van der Waals surface area contributed by atoms with Gasteiger partial charge < -0.3 is 15.4 Å². The lowest BCUT2D eigenvalue weighted by molar-refractivity contribution is 0.0602. The van der Waals surface area contributed by atoms with Crippen molar-refractivity contribution in [2.24, 2.45) is 0 Å². The number of carbonyl (C=O) groups is 1. The van der Waals surface area contributed by atoms with Crippen LogP contribution < -0.4 is 10.6 Å². The van der Waals surface area contributed by atoms with Crippen LogP contribution in [0.1, 0.15) is 15.9 Å². The average molecular weight is 366 g/mol. The molecular formula is C20H19FN4O2. The van der Waals surface area contributed by atoms with E-state index in [1.807, 2.05) is 0 Å². The molecule has 1 heterocycles. The van der Waals surface area contributed by atoms with Crippen LogP contribution >= 0.6 is 0 Å². The molecule has 0 radical (unpaired) electrons. The van der Waals surface area contributed by atoms with Gasteiger partial charge in [0.2, 0.25) is 5.95 Å². The second kappa shape index (κ2) is 8.75. The van der Waals surface area contributed by atoms with E-state index in [0.717, 1.165) is 12.0 Å². The van der Waals surface area contributed by atoms with Gasteiger partial charge in [-0.15, -0.1) is 0 Å². The summed E-state index contributed by atoms with van der Waals surface area (Å²) < 4.78 is 17.7. The molecule has 2 N–H and O–H groups in total. The lowest BCUT2D eigenvalue weighted by atomic mass is 10.1. The Labute approximate surface area is 156 Å². The topological polar surface area (TPSA) is 76.1 Å². The summed E-state index contributed by atoms with van der Waals surface area (Å²) in [6.45, 7) is 0.640. The second-order valence-corrected chi connectivity index (χ2v) is 5.73. The van der Waals surface area contributed by atoms with Crippen molar-refractivity contribution in [2.45, 2.75) is 6.42 Å². The number of hydrogen-bond acceptors (Lipinski definition) is 6. The molecular weight excluding hydrogens is 347 g/mol. The predicted octanol–water partition coefficient (Wildman–Crippen LogP) is 3.80. The van der Waals surface area contributed by atoms with Gasteiger partial charge >= 0.3 is 5.97 Å². The summed E-state index contributed by atoms with van der Waals surface area (Å²) in [5.74, 6) is 0.320. The molecule has 0 aliphatic carbocycles. The van der Waals surface area contributed by atoms with Crippen molar-refractivity contribution in [3.8, 4) is 0 Å². The number of benzene rings is 2. The van der Waals surface area contributed by atoms with E-state index in [2.05, 4.69) is 20.6 Å². The molecule has 0 bridgehead atoms. The molecule has 0 atom stereocenters. The molecule has 0 unspecified atom stereocenters. The SMILES string of the molecule is COC(=O)c1ccccc1Nc1nccc(NCCc2ccc(F)cc2)n1. The molecule has 27 heavy (non-hydrogen) atoms. The Hall–Kier alpha value is -3.48. The van der Waals surface area contributed by atoms with Crippen LogP contribution in [0.15, 0.2) is 60.8 Å². The van der Waals surface area contributed by atoms with Crippen LogP contribution in [0.2, 0.25) is 0 Å². The normalized spacial score (nSPS) is 10.3. The molecule has 6 nitrogen and oxygen atoms in total. The zero-order valence-corrected chi connectivity index (χ0v) is 14.8. The van der Waals surface area contributed by atoms with Crippen LogP contribution in [0.3, 0.4) is 0 Å². The molecule has 2 aromatic carbocycles. The Bertz CT molecular complexity index is 916. The number of anilines is 3. The van der Waals surface area contributed by atoms with E-state index in [4.69, 9.17) is 4.74 Å². The molecule has 138 valence electrons. The Balaban J connectivity index is 1.64. The van der Waals surface area contributed by atoms with E-state index in [1.54, 1.807) is 48.7 Å². The van der Waals surface area contributed by atoms with Gasteiger partial charge in [-0.25, -0.2) is 14.2 Å². The van der Waals surface area contributed by atoms with Gasteiger partial charge in [0, 0.05) is 12.7 Å². The predicted molar refractivity (Wildman–Crippen MR) is 102 cm³/mol. The number of nitrogens with one attached hydrogen (secondary N) is 2. The maximum Gasteiger partial charge on any atom is 0.339 e. The smallest absolute Gasteiger partial charge is 0.339 e. The molecule has 0 saturated carbocycles. The number of nitrogens with zero attached hydrogens (tertiary/aromatic N) is 2. The third kappa shape index (κ3) is 5.01.